The van der Waals surface area contributed by atoms with Crippen molar-refractivity contribution < 1.29 is 28.6 Å². The van der Waals surface area contributed by atoms with Crippen LogP contribution in [-0.4, -0.2) is 37.2 Å². The molecule has 0 bridgehead atoms. The van der Waals surface area contributed by atoms with Gasteiger partial charge in [0.1, 0.15) is 13.2 Å². The number of ether oxygens (including phenoxy) is 3. The van der Waals surface area contributed by atoms with Crippen LogP contribution in [0.5, 0.6) is 0 Å². The van der Waals surface area contributed by atoms with Gasteiger partial charge in [0, 0.05) is 19.3 Å². The maximum absolute atomic E-state index is 12.9. The minimum atomic E-state index is -0.787. The van der Waals surface area contributed by atoms with Crippen LogP contribution in [-0.2, 0) is 28.6 Å². The fourth-order valence-electron chi connectivity index (χ4n) is 10.3. The van der Waals surface area contributed by atoms with Gasteiger partial charge >= 0.3 is 17.9 Å². The van der Waals surface area contributed by atoms with Gasteiger partial charge in [0.2, 0.25) is 0 Å². The molecule has 80 heavy (non-hydrogen) atoms. The monoisotopic (exact) mass is 1120 g/mol. The number of allylic oxidation sites excluding steroid dienone is 12. The fourth-order valence-corrected chi connectivity index (χ4v) is 10.3. The second kappa shape index (κ2) is 68.3. The first-order valence-electron chi connectivity index (χ1n) is 34.9. The number of carbonyl (C=O) groups is 3. The van der Waals surface area contributed by atoms with Crippen LogP contribution in [0.2, 0.25) is 0 Å². The molecule has 0 aliphatic rings. The third-order valence-corrected chi connectivity index (χ3v) is 15.5. The van der Waals surface area contributed by atoms with Crippen molar-refractivity contribution in [1.82, 2.24) is 0 Å². The highest BCUT2D eigenvalue weighted by atomic mass is 16.6. The van der Waals surface area contributed by atoms with Crippen LogP contribution in [0.15, 0.2) is 72.9 Å². The Bertz CT molecular complexity index is 1470. The highest BCUT2D eigenvalue weighted by molar-refractivity contribution is 5.71. The predicted molar refractivity (Wildman–Crippen MR) is 348 cm³/mol. The van der Waals surface area contributed by atoms with Gasteiger partial charge in [0.15, 0.2) is 6.10 Å². The van der Waals surface area contributed by atoms with E-state index < -0.39 is 6.10 Å². The fraction of sp³-hybridized carbons (Fsp3) is 0.797. The molecule has 6 nitrogen and oxygen atoms in total. The highest BCUT2D eigenvalue weighted by Crippen LogP contribution is 2.18. The van der Waals surface area contributed by atoms with Crippen LogP contribution in [0.4, 0.5) is 0 Å². The summed E-state index contributed by atoms with van der Waals surface area (Å²) in [7, 11) is 0. The van der Waals surface area contributed by atoms with Crippen molar-refractivity contribution in [2.75, 3.05) is 13.2 Å². The van der Waals surface area contributed by atoms with Crippen molar-refractivity contribution in [3.05, 3.63) is 72.9 Å². The summed E-state index contributed by atoms with van der Waals surface area (Å²) in [5.74, 6) is -0.892. The Hall–Kier alpha value is -3.15. The number of rotatable bonds is 64. The van der Waals surface area contributed by atoms with Gasteiger partial charge in [-0.25, -0.2) is 0 Å². The van der Waals surface area contributed by atoms with Crippen molar-refractivity contribution in [2.24, 2.45) is 0 Å². The van der Waals surface area contributed by atoms with E-state index in [-0.39, 0.29) is 31.1 Å². The SMILES string of the molecule is CC/C=C\C/C=C\C/C=C\C/C=C\C/C=C\C/C=C\CCCCCCC(=O)OC(COC(=O)CCCCCCCCCCC)COC(=O)CCCCCCCCCCCCCCCCCCCCCCCCCCCCCCCC. The minimum Gasteiger partial charge on any atom is -0.462 e. The van der Waals surface area contributed by atoms with Crippen molar-refractivity contribution >= 4 is 17.9 Å². The van der Waals surface area contributed by atoms with E-state index in [2.05, 4.69) is 93.7 Å². The van der Waals surface area contributed by atoms with E-state index in [4.69, 9.17) is 14.2 Å². The summed E-state index contributed by atoms with van der Waals surface area (Å²) in [5.41, 5.74) is 0. The Kier molecular flexibility index (Phi) is 65.7. The molecule has 0 N–H and O–H groups in total. The van der Waals surface area contributed by atoms with Gasteiger partial charge in [-0.05, 0) is 70.6 Å². The van der Waals surface area contributed by atoms with E-state index in [1.807, 2.05) is 0 Å². The predicted octanol–water partition coefficient (Wildman–Crippen LogP) is 24.1. The van der Waals surface area contributed by atoms with Gasteiger partial charge < -0.3 is 14.2 Å². The van der Waals surface area contributed by atoms with Crippen LogP contribution in [0.25, 0.3) is 0 Å². The number of carbonyl (C=O) groups excluding carboxylic acids is 3. The number of hydrogen-bond acceptors (Lipinski definition) is 6. The summed E-state index contributed by atoms with van der Waals surface area (Å²) in [6.45, 7) is 6.54. The van der Waals surface area contributed by atoms with E-state index in [0.29, 0.717) is 19.3 Å². The van der Waals surface area contributed by atoms with Crippen LogP contribution in [0.3, 0.4) is 0 Å². The van der Waals surface area contributed by atoms with Gasteiger partial charge in [-0.3, -0.25) is 14.4 Å². The summed E-state index contributed by atoms with van der Waals surface area (Å²) < 4.78 is 16.9. The minimum absolute atomic E-state index is 0.0819. The Labute approximate surface area is 497 Å². The van der Waals surface area contributed by atoms with Crippen molar-refractivity contribution in [2.45, 2.75) is 367 Å². The highest BCUT2D eigenvalue weighted by Gasteiger charge is 2.19. The molecule has 0 saturated heterocycles. The lowest BCUT2D eigenvalue weighted by atomic mass is 10.0. The zero-order chi connectivity index (χ0) is 57.8. The number of hydrogen-bond donors (Lipinski definition) is 0. The molecule has 464 valence electrons. The topological polar surface area (TPSA) is 78.9 Å². The Morgan fingerprint density at radius 3 is 0.762 bits per heavy atom. The molecule has 0 amide bonds. The average Bonchev–Trinajstić information content (AvgIpc) is 3.46. The molecule has 0 fully saturated rings. The summed E-state index contributed by atoms with van der Waals surface area (Å²) in [6, 6.07) is 0. The molecule has 6 heteroatoms. The van der Waals surface area contributed by atoms with E-state index in [9.17, 15) is 14.4 Å². The molecule has 0 radical (unpaired) electrons. The molecular formula is C74H132O6. The van der Waals surface area contributed by atoms with Crippen LogP contribution in [0, 0.1) is 0 Å². The lowest BCUT2D eigenvalue weighted by Gasteiger charge is -2.18. The summed E-state index contributed by atoms with van der Waals surface area (Å²) in [4.78, 5) is 38.3. The van der Waals surface area contributed by atoms with E-state index in [0.717, 1.165) is 109 Å². The Morgan fingerprint density at radius 2 is 0.487 bits per heavy atom. The van der Waals surface area contributed by atoms with Gasteiger partial charge in [-0.1, -0.05) is 344 Å². The lowest BCUT2D eigenvalue weighted by Crippen LogP contribution is -2.30. The second-order valence-corrected chi connectivity index (χ2v) is 23.4. The maximum atomic E-state index is 12.9. The average molecular weight is 1120 g/mol. The lowest BCUT2D eigenvalue weighted by molar-refractivity contribution is -0.167. The maximum Gasteiger partial charge on any atom is 0.306 e. The Morgan fingerprint density at radius 1 is 0.263 bits per heavy atom. The molecule has 1 atom stereocenters. The van der Waals surface area contributed by atoms with Crippen molar-refractivity contribution in [3.8, 4) is 0 Å². The third-order valence-electron chi connectivity index (χ3n) is 15.5. The van der Waals surface area contributed by atoms with E-state index >= 15 is 0 Å². The molecule has 0 aromatic heterocycles. The second-order valence-electron chi connectivity index (χ2n) is 23.4. The van der Waals surface area contributed by atoms with Gasteiger partial charge in [0.05, 0.1) is 0 Å². The normalized spacial score (nSPS) is 12.5. The first-order valence-corrected chi connectivity index (χ1v) is 34.9. The molecule has 1 unspecified atom stereocenters. The summed E-state index contributed by atoms with van der Waals surface area (Å²) in [5, 5.41) is 0. The number of unbranched alkanes of at least 4 members (excludes halogenated alkanes) is 41. The zero-order valence-corrected chi connectivity index (χ0v) is 53.3. The van der Waals surface area contributed by atoms with Gasteiger partial charge in [-0.15, -0.1) is 0 Å². The molecule has 0 rings (SSSR count). The van der Waals surface area contributed by atoms with Crippen LogP contribution >= 0.6 is 0 Å². The smallest absolute Gasteiger partial charge is 0.306 e. The Balaban J connectivity index is 4.15. The van der Waals surface area contributed by atoms with E-state index in [1.54, 1.807) is 0 Å². The third kappa shape index (κ3) is 65.7. The molecule has 0 aromatic rings. The van der Waals surface area contributed by atoms with Crippen molar-refractivity contribution in [3.63, 3.8) is 0 Å². The zero-order valence-electron chi connectivity index (χ0n) is 53.3. The van der Waals surface area contributed by atoms with Gasteiger partial charge in [-0.2, -0.15) is 0 Å². The quantitative estimate of drug-likeness (QED) is 0.0261. The van der Waals surface area contributed by atoms with Crippen LogP contribution < -0.4 is 0 Å². The summed E-state index contributed by atoms with van der Waals surface area (Å²) in [6.07, 6.45) is 89.5. The summed E-state index contributed by atoms with van der Waals surface area (Å²) >= 11 is 0. The molecule has 0 spiro atoms. The molecular weight excluding hydrogens is 985 g/mol. The van der Waals surface area contributed by atoms with Crippen LogP contribution in [0.1, 0.15) is 361 Å². The molecule has 0 heterocycles. The largest absolute Gasteiger partial charge is 0.462 e. The number of esters is 3. The van der Waals surface area contributed by atoms with Crippen molar-refractivity contribution in [1.29, 1.82) is 0 Å². The molecule has 0 saturated carbocycles. The van der Waals surface area contributed by atoms with E-state index in [1.165, 1.54) is 212 Å². The standard InChI is InChI=1S/C74H132O6/c1-4-7-10-13-16-19-21-23-25-27-29-31-33-34-35-36-37-38-39-41-42-44-46-48-50-52-55-58-61-64-67-73(76)79-70-71(69-78-72(75)66-63-60-57-54-18-15-12-9-6-3)80-74(77)68-65-62-59-56-53-51-49-47-45-43-40-32-30-28-26-24-22-20-17-14-11-8-5-2/h8,11,17,20,24,26,30,32,43,45,49,51,71H,4-7,9-10,12-16,18-19,21-23,25,27-29,31,33-42,44,46-48,50,52-70H2,1-3H3/b11-8-,20-17-,26-24-,32-30-,45-43-,51-49-. The first kappa shape index (κ1) is 76.9. The first-order chi connectivity index (χ1) is 39.5. The molecule has 0 aliphatic heterocycles. The van der Waals surface area contributed by atoms with Gasteiger partial charge in [0.25, 0.3) is 0 Å². The molecule has 0 aromatic carbocycles. The molecule has 0 aliphatic carbocycles.